The second-order valence-corrected chi connectivity index (χ2v) is 9.88. The van der Waals surface area contributed by atoms with Gasteiger partial charge in [-0.2, -0.15) is 0 Å². The van der Waals surface area contributed by atoms with Crippen LogP contribution in [0, 0.1) is 0 Å². The summed E-state index contributed by atoms with van der Waals surface area (Å²) < 4.78 is 6.01. The summed E-state index contributed by atoms with van der Waals surface area (Å²) in [5, 5.41) is 14.7. The molecule has 2 aliphatic rings. The quantitative estimate of drug-likeness (QED) is 0.551. The number of hydrogen-bond donors (Lipinski definition) is 2. The molecule has 186 valence electrons. The first-order chi connectivity index (χ1) is 16.5. The number of ether oxygens (including phenoxy) is 1. The third-order valence-corrected chi connectivity index (χ3v) is 6.78. The molecule has 0 amide bonds. The van der Waals surface area contributed by atoms with Gasteiger partial charge in [0.1, 0.15) is 30.3 Å². The standard InChI is InChI=1S/C26H40N6O2/c1-30(2)24-17-25(29-21-28-24)32-13-7-10-26(33,20-32)19-27-18-22-8-6-9-23(16-22)34-15-14-31-11-4-3-5-12-31/h6,8-9,16-17,21,27,33H,3-5,7,10-15,18-20H2,1-2H3/t26-/m1/s1. The van der Waals surface area contributed by atoms with Gasteiger partial charge in [-0.3, -0.25) is 4.90 Å². The van der Waals surface area contributed by atoms with Gasteiger partial charge in [-0.25, -0.2) is 9.97 Å². The predicted octanol–water partition coefficient (Wildman–Crippen LogP) is 2.53. The van der Waals surface area contributed by atoms with Crippen LogP contribution in [0.5, 0.6) is 5.75 Å². The summed E-state index contributed by atoms with van der Waals surface area (Å²) >= 11 is 0. The number of β-amino-alcohol motifs (C(OH)–C–C–N with tert-alkyl or cyclic N) is 1. The van der Waals surface area contributed by atoms with E-state index in [4.69, 9.17) is 4.74 Å². The summed E-state index contributed by atoms with van der Waals surface area (Å²) in [6, 6.07) is 10.3. The van der Waals surface area contributed by atoms with E-state index in [9.17, 15) is 5.11 Å². The van der Waals surface area contributed by atoms with Crippen molar-refractivity contribution in [2.45, 2.75) is 44.2 Å². The Bertz CT molecular complexity index is 904. The predicted molar refractivity (Wildman–Crippen MR) is 137 cm³/mol. The number of aliphatic hydroxyl groups is 1. The van der Waals surface area contributed by atoms with Crippen molar-refractivity contribution >= 4 is 11.6 Å². The van der Waals surface area contributed by atoms with Gasteiger partial charge in [0.2, 0.25) is 0 Å². The minimum Gasteiger partial charge on any atom is -0.492 e. The molecule has 0 bridgehead atoms. The second kappa shape index (κ2) is 11.8. The van der Waals surface area contributed by atoms with Crippen LogP contribution >= 0.6 is 0 Å². The van der Waals surface area contributed by atoms with Crippen LogP contribution in [0.3, 0.4) is 0 Å². The Labute approximate surface area is 203 Å². The summed E-state index contributed by atoms with van der Waals surface area (Å²) in [4.78, 5) is 15.4. The van der Waals surface area contributed by atoms with Gasteiger partial charge in [0, 0.05) is 52.9 Å². The number of nitrogens with one attached hydrogen (secondary N) is 1. The summed E-state index contributed by atoms with van der Waals surface area (Å²) in [6.07, 6.45) is 7.28. The maximum Gasteiger partial charge on any atom is 0.134 e. The lowest BCUT2D eigenvalue weighted by molar-refractivity contribution is 0.0259. The van der Waals surface area contributed by atoms with Crippen molar-refractivity contribution in [2.24, 2.45) is 0 Å². The van der Waals surface area contributed by atoms with Crippen molar-refractivity contribution in [1.82, 2.24) is 20.2 Å². The first-order valence-electron chi connectivity index (χ1n) is 12.6. The first-order valence-corrected chi connectivity index (χ1v) is 12.6. The highest BCUT2D eigenvalue weighted by atomic mass is 16.5. The van der Waals surface area contributed by atoms with E-state index in [1.165, 1.54) is 32.4 Å². The number of benzene rings is 1. The number of likely N-dealkylation sites (tertiary alicyclic amines) is 1. The molecule has 4 rings (SSSR count). The molecule has 2 N–H and O–H groups in total. The monoisotopic (exact) mass is 468 g/mol. The van der Waals surface area contributed by atoms with E-state index < -0.39 is 5.60 Å². The molecule has 0 unspecified atom stereocenters. The van der Waals surface area contributed by atoms with Gasteiger partial charge in [-0.1, -0.05) is 18.6 Å². The highest BCUT2D eigenvalue weighted by Crippen LogP contribution is 2.26. The number of nitrogens with zero attached hydrogens (tertiary/aromatic N) is 5. The molecule has 2 aliphatic heterocycles. The maximum atomic E-state index is 11.3. The van der Waals surface area contributed by atoms with Crippen LogP contribution in [-0.2, 0) is 6.54 Å². The lowest BCUT2D eigenvalue weighted by atomic mass is 9.92. The number of aromatic nitrogens is 2. The summed E-state index contributed by atoms with van der Waals surface area (Å²) in [7, 11) is 3.94. The highest BCUT2D eigenvalue weighted by Gasteiger charge is 2.33. The number of piperidine rings is 2. The zero-order valence-corrected chi connectivity index (χ0v) is 20.7. The van der Waals surface area contributed by atoms with E-state index in [1.807, 2.05) is 37.2 Å². The zero-order chi connectivity index (χ0) is 23.8. The van der Waals surface area contributed by atoms with Crippen molar-refractivity contribution in [3.05, 3.63) is 42.2 Å². The van der Waals surface area contributed by atoms with Crippen LogP contribution in [0.4, 0.5) is 11.6 Å². The van der Waals surface area contributed by atoms with Gasteiger partial charge < -0.3 is 25.0 Å². The van der Waals surface area contributed by atoms with E-state index in [2.05, 4.69) is 37.2 Å². The van der Waals surface area contributed by atoms with Crippen molar-refractivity contribution in [2.75, 3.05) is 69.8 Å². The zero-order valence-electron chi connectivity index (χ0n) is 20.7. The SMILES string of the molecule is CN(C)c1cc(N2CCC[C@@](O)(CNCc3cccc(OCCN4CCCCC4)c3)C2)ncn1. The van der Waals surface area contributed by atoms with Crippen molar-refractivity contribution in [3.63, 3.8) is 0 Å². The molecule has 0 saturated carbocycles. The normalized spacial score (nSPS) is 21.4. The fraction of sp³-hybridized carbons (Fsp3) is 0.615. The van der Waals surface area contributed by atoms with E-state index in [-0.39, 0.29) is 0 Å². The van der Waals surface area contributed by atoms with Crippen molar-refractivity contribution < 1.29 is 9.84 Å². The Morgan fingerprint density at radius 1 is 1.09 bits per heavy atom. The molecule has 2 aromatic rings. The lowest BCUT2D eigenvalue weighted by Gasteiger charge is -2.40. The molecule has 8 nitrogen and oxygen atoms in total. The average molecular weight is 469 g/mol. The molecule has 0 aliphatic carbocycles. The Hall–Kier alpha value is -2.42. The van der Waals surface area contributed by atoms with Crippen LogP contribution in [0.2, 0.25) is 0 Å². The Morgan fingerprint density at radius 3 is 2.76 bits per heavy atom. The van der Waals surface area contributed by atoms with Crippen LogP contribution in [0.15, 0.2) is 36.7 Å². The molecule has 2 saturated heterocycles. The summed E-state index contributed by atoms with van der Waals surface area (Å²) in [5.74, 6) is 2.65. The summed E-state index contributed by atoms with van der Waals surface area (Å²) in [5.41, 5.74) is 0.377. The molecule has 8 heteroatoms. The second-order valence-electron chi connectivity index (χ2n) is 9.88. The molecule has 1 atom stereocenters. The average Bonchev–Trinajstić information content (AvgIpc) is 2.85. The van der Waals surface area contributed by atoms with E-state index in [1.54, 1.807) is 6.33 Å². The number of rotatable bonds is 10. The minimum absolute atomic E-state index is 0.537. The van der Waals surface area contributed by atoms with Gasteiger partial charge in [-0.05, 0) is 56.5 Å². The molecule has 3 heterocycles. The van der Waals surface area contributed by atoms with Gasteiger partial charge >= 0.3 is 0 Å². The Balaban J connectivity index is 1.24. The number of anilines is 2. The molecule has 0 radical (unpaired) electrons. The van der Waals surface area contributed by atoms with E-state index in [0.29, 0.717) is 19.6 Å². The van der Waals surface area contributed by atoms with Gasteiger partial charge in [0.05, 0.1) is 5.60 Å². The fourth-order valence-corrected chi connectivity index (χ4v) is 4.87. The van der Waals surface area contributed by atoms with Crippen LogP contribution in [0.1, 0.15) is 37.7 Å². The molecular weight excluding hydrogens is 428 g/mol. The largest absolute Gasteiger partial charge is 0.492 e. The maximum absolute atomic E-state index is 11.3. The minimum atomic E-state index is -0.788. The van der Waals surface area contributed by atoms with Crippen molar-refractivity contribution in [1.29, 1.82) is 0 Å². The van der Waals surface area contributed by atoms with Crippen molar-refractivity contribution in [3.8, 4) is 5.75 Å². The third kappa shape index (κ3) is 7.04. The van der Waals surface area contributed by atoms with Crippen LogP contribution in [-0.4, -0.2) is 85.5 Å². The lowest BCUT2D eigenvalue weighted by Crippen LogP contribution is -2.53. The highest BCUT2D eigenvalue weighted by molar-refractivity contribution is 5.49. The third-order valence-electron chi connectivity index (χ3n) is 6.78. The fourth-order valence-electron chi connectivity index (χ4n) is 4.87. The Kier molecular flexibility index (Phi) is 8.59. The number of hydrogen-bond acceptors (Lipinski definition) is 8. The first kappa shape index (κ1) is 24.7. The van der Waals surface area contributed by atoms with Crippen LogP contribution in [0.25, 0.3) is 0 Å². The molecular formula is C26H40N6O2. The summed E-state index contributed by atoms with van der Waals surface area (Å²) in [6.45, 7) is 6.80. The van der Waals surface area contributed by atoms with E-state index >= 15 is 0 Å². The molecule has 1 aromatic heterocycles. The molecule has 1 aromatic carbocycles. The van der Waals surface area contributed by atoms with Crippen LogP contribution < -0.4 is 19.9 Å². The topological polar surface area (TPSA) is 77.0 Å². The van der Waals surface area contributed by atoms with E-state index in [0.717, 1.165) is 55.5 Å². The van der Waals surface area contributed by atoms with Gasteiger partial charge in [0.25, 0.3) is 0 Å². The molecule has 0 spiro atoms. The molecule has 34 heavy (non-hydrogen) atoms. The molecule has 2 fully saturated rings. The Morgan fingerprint density at radius 2 is 1.94 bits per heavy atom. The van der Waals surface area contributed by atoms with Gasteiger partial charge in [-0.15, -0.1) is 0 Å². The smallest absolute Gasteiger partial charge is 0.134 e. The van der Waals surface area contributed by atoms with Gasteiger partial charge in [0.15, 0.2) is 0 Å².